The average molecular weight is 731 g/mol. The topological polar surface area (TPSA) is 240 Å². The van der Waals surface area contributed by atoms with Crippen molar-refractivity contribution in [3.8, 4) is 0 Å². The summed E-state index contributed by atoms with van der Waals surface area (Å²) in [7, 11) is 0. The van der Waals surface area contributed by atoms with Gasteiger partial charge >= 0.3 is 18.1 Å². The van der Waals surface area contributed by atoms with Gasteiger partial charge in [0, 0.05) is 29.6 Å². The predicted molar refractivity (Wildman–Crippen MR) is 176 cm³/mol. The number of nitrogens with zero attached hydrogens (tertiary/aromatic N) is 6. The molecule has 18 heteroatoms. The van der Waals surface area contributed by atoms with Crippen molar-refractivity contribution in [3.05, 3.63) is 56.8 Å². The third-order valence-corrected chi connectivity index (χ3v) is 10.3. The Labute approximate surface area is 300 Å². The van der Waals surface area contributed by atoms with Crippen molar-refractivity contribution in [2.45, 2.75) is 122 Å². The number of carbonyl (C=O) groups excluding carboxylic acids is 4. The predicted octanol–water partition coefficient (Wildman–Crippen LogP) is 4.41. The summed E-state index contributed by atoms with van der Waals surface area (Å²) in [6.45, 7) is 11.2. The maximum absolute atomic E-state index is 12.2. The molecule has 0 amide bonds. The van der Waals surface area contributed by atoms with Gasteiger partial charge in [-0.05, 0) is 47.7 Å². The number of azide groups is 2. The number of rotatable bonds is 12. The molecule has 1 aromatic carbocycles. The van der Waals surface area contributed by atoms with E-state index in [4.69, 9.17) is 47.5 Å². The molecule has 1 aromatic rings. The highest BCUT2D eigenvalue weighted by Gasteiger charge is 2.56. The Morgan fingerprint density at radius 3 is 2.17 bits per heavy atom. The standard InChI is InChI=1S/C33H46N6O10.CO2/c1-16-17(2)26(36-38-34)24(12-23(16)14-42-20(5)40)47-28-18(3)29(43-13-22-10-8-7-9-11-22)33(45-19(28)4)49-30-25-15-44-32(48-25)27(37-39-35)31(30)46-21(6)41;2-1-3/h7-11,16-19,23-33H,12-15H2,1-6H3;/t16-,17-,18-,19?,23?,24-,25+,26?,27-,28-,29?,30+,31?,32?,33-;/m0./s1. The van der Waals surface area contributed by atoms with Crippen molar-refractivity contribution in [2.24, 2.45) is 33.9 Å². The maximum Gasteiger partial charge on any atom is 0.373 e. The summed E-state index contributed by atoms with van der Waals surface area (Å²) in [4.78, 5) is 46.1. The molecule has 284 valence electrons. The van der Waals surface area contributed by atoms with Crippen molar-refractivity contribution in [1.82, 2.24) is 0 Å². The highest BCUT2D eigenvalue weighted by atomic mass is 16.8. The molecule has 15 atom stereocenters. The first kappa shape index (κ1) is 40.7. The normalized spacial score (nSPS) is 37.8. The molecule has 0 aromatic heterocycles. The Hall–Kier alpha value is -4.08. The zero-order chi connectivity index (χ0) is 37.9. The zero-order valence-corrected chi connectivity index (χ0v) is 30.0. The molecule has 4 fully saturated rings. The van der Waals surface area contributed by atoms with E-state index in [-0.39, 0.29) is 55.6 Å². The van der Waals surface area contributed by atoms with Crippen LogP contribution in [0.2, 0.25) is 0 Å². The van der Waals surface area contributed by atoms with E-state index in [0.717, 1.165) is 5.56 Å². The van der Waals surface area contributed by atoms with Gasteiger partial charge in [0.2, 0.25) is 0 Å². The lowest BCUT2D eigenvalue weighted by molar-refractivity contribution is -0.333. The van der Waals surface area contributed by atoms with Gasteiger partial charge in [0.1, 0.15) is 30.5 Å². The van der Waals surface area contributed by atoms with Gasteiger partial charge in [0.15, 0.2) is 12.6 Å². The lowest BCUT2D eigenvalue weighted by atomic mass is 9.70. The van der Waals surface area contributed by atoms with Crippen LogP contribution in [0.4, 0.5) is 0 Å². The van der Waals surface area contributed by atoms with Gasteiger partial charge in [-0.1, -0.05) is 61.3 Å². The molecule has 18 nitrogen and oxygen atoms in total. The van der Waals surface area contributed by atoms with Crippen LogP contribution in [-0.2, 0) is 63.7 Å². The third-order valence-electron chi connectivity index (χ3n) is 10.3. The highest BCUT2D eigenvalue weighted by molar-refractivity contribution is 5.66. The molecule has 1 aliphatic carbocycles. The van der Waals surface area contributed by atoms with Crippen molar-refractivity contribution >= 4 is 18.1 Å². The maximum atomic E-state index is 12.2. The highest BCUT2D eigenvalue weighted by Crippen LogP contribution is 2.42. The second kappa shape index (κ2) is 19.1. The van der Waals surface area contributed by atoms with Crippen LogP contribution in [-0.4, -0.2) is 98.7 Å². The minimum Gasteiger partial charge on any atom is -0.466 e. The van der Waals surface area contributed by atoms with Crippen LogP contribution in [0.15, 0.2) is 40.6 Å². The van der Waals surface area contributed by atoms with Crippen LogP contribution >= 0.6 is 0 Å². The number of benzene rings is 1. The summed E-state index contributed by atoms with van der Waals surface area (Å²) in [5.41, 5.74) is 19.7. The zero-order valence-electron chi connectivity index (χ0n) is 30.0. The van der Waals surface area contributed by atoms with E-state index in [1.165, 1.54) is 13.8 Å². The second-order valence-corrected chi connectivity index (χ2v) is 13.5. The van der Waals surface area contributed by atoms with Crippen molar-refractivity contribution < 1.29 is 57.1 Å². The van der Waals surface area contributed by atoms with Crippen LogP contribution in [0.5, 0.6) is 0 Å². The Balaban J connectivity index is 0.00000195. The first-order valence-electron chi connectivity index (χ1n) is 17.2. The molecule has 3 aliphatic heterocycles. The first-order chi connectivity index (χ1) is 24.9. The molecule has 3 saturated heterocycles. The van der Waals surface area contributed by atoms with E-state index >= 15 is 0 Å². The minimum atomic E-state index is -0.998. The molecular formula is C34H46N6O12. The SMILES string of the molecule is CC(=O)OCC1C[C@H](O[C@@H]2C(C)O[C@@H](O[C@H]3C(OC(C)=O)[C@H](N=[N+]=[N-])C4OC[C@H]3O4)C(OCc3ccccc3)[C@H]2C)C(N=[N+]=[N-])[C@@H](C)[C@@H]1C.O=C=O. The molecule has 1 saturated carbocycles. The smallest absolute Gasteiger partial charge is 0.373 e. The second-order valence-electron chi connectivity index (χ2n) is 13.5. The molecular weight excluding hydrogens is 684 g/mol. The molecule has 0 radical (unpaired) electrons. The molecule has 0 spiro atoms. The molecule has 52 heavy (non-hydrogen) atoms. The summed E-state index contributed by atoms with van der Waals surface area (Å²) < 4.78 is 49.3. The number of ether oxygens (including phenoxy) is 8. The van der Waals surface area contributed by atoms with Crippen LogP contribution < -0.4 is 0 Å². The number of esters is 2. The minimum absolute atomic E-state index is 0.00337. The van der Waals surface area contributed by atoms with Gasteiger partial charge in [-0.3, -0.25) is 9.59 Å². The Bertz CT molecular complexity index is 1490. The third kappa shape index (κ3) is 9.86. The average Bonchev–Trinajstić information content (AvgIpc) is 3.55. The van der Waals surface area contributed by atoms with E-state index in [1.54, 1.807) is 0 Å². The molecule has 2 bridgehead atoms. The summed E-state index contributed by atoms with van der Waals surface area (Å²) in [6.07, 6.45) is -5.82. The number of fused-ring (bicyclic) bond motifs is 2. The van der Waals surface area contributed by atoms with Gasteiger partial charge in [0.05, 0.1) is 44.2 Å². The van der Waals surface area contributed by atoms with Crippen molar-refractivity contribution in [3.63, 3.8) is 0 Å². The Kier molecular flexibility index (Phi) is 15.0. The molecule has 0 N–H and O–H groups in total. The molecule has 5 rings (SSSR count). The first-order valence-corrected chi connectivity index (χ1v) is 17.2. The van der Waals surface area contributed by atoms with Crippen LogP contribution in [0.25, 0.3) is 20.9 Å². The van der Waals surface area contributed by atoms with Crippen molar-refractivity contribution in [2.75, 3.05) is 13.2 Å². The van der Waals surface area contributed by atoms with Crippen LogP contribution in [0.3, 0.4) is 0 Å². The summed E-state index contributed by atoms with van der Waals surface area (Å²) in [6, 6.07) is 8.22. The molecule has 3 heterocycles. The number of hydrogen-bond acceptors (Lipinski definition) is 14. The van der Waals surface area contributed by atoms with E-state index in [1.807, 2.05) is 51.1 Å². The van der Waals surface area contributed by atoms with Gasteiger partial charge in [-0.15, -0.1) is 0 Å². The summed E-state index contributed by atoms with van der Waals surface area (Å²) in [5, 5.41) is 7.98. The lowest BCUT2D eigenvalue weighted by Crippen LogP contribution is -2.61. The molecule has 6 unspecified atom stereocenters. The van der Waals surface area contributed by atoms with E-state index in [0.29, 0.717) is 6.42 Å². The van der Waals surface area contributed by atoms with E-state index < -0.39 is 73.4 Å². The summed E-state index contributed by atoms with van der Waals surface area (Å²) >= 11 is 0. The van der Waals surface area contributed by atoms with E-state index in [2.05, 4.69) is 27.0 Å². The lowest BCUT2D eigenvalue weighted by Gasteiger charge is -2.49. The number of hydrogen-bond donors (Lipinski definition) is 0. The monoisotopic (exact) mass is 730 g/mol. The van der Waals surface area contributed by atoms with E-state index in [9.17, 15) is 20.7 Å². The quantitative estimate of drug-likeness (QED) is 0.126. The number of carbonyl (C=O) groups is 2. The summed E-state index contributed by atoms with van der Waals surface area (Å²) in [5.74, 6) is -1.18. The van der Waals surface area contributed by atoms with Gasteiger partial charge in [-0.25, -0.2) is 0 Å². The molecule has 4 aliphatic rings. The van der Waals surface area contributed by atoms with Gasteiger partial charge in [-0.2, -0.15) is 9.59 Å². The Morgan fingerprint density at radius 1 is 0.865 bits per heavy atom. The fourth-order valence-electron chi connectivity index (χ4n) is 7.50. The fourth-order valence-corrected chi connectivity index (χ4v) is 7.50. The largest absolute Gasteiger partial charge is 0.466 e. The van der Waals surface area contributed by atoms with Crippen molar-refractivity contribution in [1.29, 1.82) is 0 Å². The van der Waals surface area contributed by atoms with Crippen LogP contribution in [0, 0.1) is 23.7 Å². The van der Waals surface area contributed by atoms with Crippen LogP contribution in [0.1, 0.15) is 53.5 Å². The fraction of sp³-hybridized carbons (Fsp3) is 0.735. The Morgan fingerprint density at radius 2 is 1.54 bits per heavy atom. The van der Waals surface area contributed by atoms with Gasteiger partial charge in [0.25, 0.3) is 0 Å². The van der Waals surface area contributed by atoms with Gasteiger partial charge < -0.3 is 37.9 Å².